The molecule has 0 spiro atoms. The van der Waals surface area contributed by atoms with Crippen LogP contribution < -0.4 is 5.73 Å². The van der Waals surface area contributed by atoms with Crippen LogP contribution in [0.3, 0.4) is 0 Å². The molecule has 0 aliphatic rings. The highest BCUT2D eigenvalue weighted by Gasteiger charge is 2.10. The Morgan fingerprint density at radius 1 is 0.810 bits per heavy atom. The first-order chi connectivity index (χ1) is 10.1. The minimum absolute atomic E-state index is 0.434. The van der Waals surface area contributed by atoms with Crippen molar-refractivity contribution in [2.75, 3.05) is 0 Å². The molecule has 1 atom stereocenters. The van der Waals surface area contributed by atoms with Gasteiger partial charge in [-0.1, -0.05) is 42.5 Å². The first-order valence-electron chi connectivity index (χ1n) is 6.81. The van der Waals surface area contributed by atoms with E-state index in [1.54, 1.807) is 0 Å². The summed E-state index contributed by atoms with van der Waals surface area (Å²) in [4.78, 5) is 0. The predicted octanol–water partition coefficient (Wildman–Crippen LogP) is 4.36. The molecule has 0 fully saturated rings. The number of rotatable bonds is 3. The molecule has 0 bridgehead atoms. The van der Waals surface area contributed by atoms with Crippen molar-refractivity contribution in [3.8, 4) is 0 Å². The molecule has 0 radical (unpaired) electrons. The lowest BCUT2D eigenvalue weighted by Crippen LogP contribution is -2.14. The Kier molecular flexibility index (Phi) is 3.67. The maximum absolute atomic E-state index is 13.2. The molecule has 21 heavy (non-hydrogen) atoms. The molecule has 0 aliphatic carbocycles. The molecule has 3 aromatic carbocycles. The van der Waals surface area contributed by atoms with E-state index in [0.717, 1.165) is 22.4 Å². The Bertz CT molecular complexity index is 763. The highest BCUT2D eigenvalue weighted by molar-refractivity contribution is 5.83. The molecule has 1 nitrogen and oxygen atoms in total. The fraction of sp³-hybridized carbons (Fsp3) is 0.111. The van der Waals surface area contributed by atoms with Gasteiger partial charge in [0.2, 0.25) is 0 Å². The Morgan fingerprint density at radius 2 is 1.48 bits per heavy atom. The van der Waals surface area contributed by atoms with E-state index in [2.05, 4.69) is 6.07 Å². The molecule has 106 valence electrons. The Balaban J connectivity index is 1.86. The minimum atomic E-state index is -0.598. The lowest BCUT2D eigenvalue weighted by Gasteiger charge is -2.13. The van der Waals surface area contributed by atoms with Crippen molar-refractivity contribution in [2.24, 2.45) is 5.73 Å². The number of fused-ring (bicyclic) bond motifs is 1. The van der Waals surface area contributed by atoms with E-state index in [1.807, 2.05) is 36.4 Å². The van der Waals surface area contributed by atoms with Crippen LogP contribution in [-0.2, 0) is 6.42 Å². The van der Waals surface area contributed by atoms with Crippen molar-refractivity contribution in [2.45, 2.75) is 12.5 Å². The second kappa shape index (κ2) is 5.62. The first kappa shape index (κ1) is 13.7. The SMILES string of the molecule is NC(Cc1ccc2ccccc2c1)c1cc(F)cc(F)c1. The quantitative estimate of drug-likeness (QED) is 0.759. The molecule has 3 aromatic rings. The molecule has 2 N–H and O–H groups in total. The van der Waals surface area contributed by atoms with Gasteiger partial charge in [0.15, 0.2) is 0 Å². The second-order valence-electron chi connectivity index (χ2n) is 5.19. The number of halogens is 2. The molecular formula is C18H15F2N. The topological polar surface area (TPSA) is 26.0 Å². The van der Waals surface area contributed by atoms with Gasteiger partial charge in [-0.25, -0.2) is 8.78 Å². The highest BCUT2D eigenvalue weighted by Crippen LogP contribution is 2.21. The summed E-state index contributed by atoms with van der Waals surface area (Å²) >= 11 is 0. The van der Waals surface area contributed by atoms with Crippen molar-refractivity contribution in [3.63, 3.8) is 0 Å². The summed E-state index contributed by atoms with van der Waals surface area (Å²) in [6.45, 7) is 0. The van der Waals surface area contributed by atoms with Gasteiger partial charge in [-0.3, -0.25) is 0 Å². The van der Waals surface area contributed by atoms with Crippen molar-refractivity contribution < 1.29 is 8.78 Å². The van der Waals surface area contributed by atoms with Crippen LogP contribution in [-0.4, -0.2) is 0 Å². The maximum Gasteiger partial charge on any atom is 0.126 e. The van der Waals surface area contributed by atoms with Gasteiger partial charge in [-0.05, 0) is 40.5 Å². The van der Waals surface area contributed by atoms with E-state index >= 15 is 0 Å². The summed E-state index contributed by atoms with van der Waals surface area (Å²) in [7, 11) is 0. The van der Waals surface area contributed by atoms with Crippen LogP contribution in [0.25, 0.3) is 10.8 Å². The van der Waals surface area contributed by atoms with E-state index < -0.39 is 17.7 Å². The summed E-state index contributed by atoms with van der Waals surface area (Å²) in [5, 5.41) is 2.29. The van der Waals surface area contributed by atoms with Gasteiger partial charge in [0.1, 0.15) is 11.6 Å². The van der Waals surface area contributed by atoms with Crippen molar-refractivity contribution in [1.29, 1.82) is 0 Å². The molecule has 0 heterocycles. The standard InChI is InChI=1S/C18H15F2N/c19-16-9-15(10-17(20)11-16)18(21)8-12-5-6-13-3-1-2-4-14(13)7-12/h1-7,9-11,18H,8,21H2. The Morgan fingerprint density at radius 3 is 2.19 bits per heavy atom. The van der Waals surface area contributed by atoms with Crippen LogP contribution in [0, 0.1) is 11.6 Å². The monoisotopic (exact) mass is 283 g/mol. The van der Waals surface area contributed by atoms with Crippen LogP contribution in [0.1, 0.15) is 17.2 Å². The van der Waals surface area contributed by atoms with E-state index in [9.17, 15) is 8.78 Å². The van der Waals surface area contributed by atoms with Gasteiger partial charge >= 0.3 is 0 Å². The predicted molar refractivity (Wildman–Crippen MR) is 80.9 cm³/mol. The summed E-state index contributed by atoms with van der Waals surface area (Å²) in [5.41, 5.74) is 7.60. The third-order valence-corrected chi connectivity index (χ3v) is 3.58. The number of benzene rings is 3. The third kappa shape index (κ3) is 3.09. The zero-order chi connectivity index (χ0) is 14.8. The summed E-state index contributed by atoms with van der Waals surface area (Å²) in [5.74, 6) is -1.20. The van der Waals surface area contributed by atoms with Gasteiger partial charge in [0.25, 0.3) is 0 Å². The molecule has 0 aromatic heterocycles. The van der Waals surface area contributed by atoms with Crippen molar-refractivity contribution >= 4 is 10.8 Å². The van der Waals surface area contributed by atoms with Gasteiger partial charge < -0.3 is 5.73 Å². The van der Waals surface area contributed by atoms with E-state index in [0.29, 0.717) is 12.0 Å². The maximum atomic E-state index is 13.2. The largest absolute Gasteiger partial charge is 0.324 e. The lowest BCUT2D eigenvalue weighted by molar-refractivity contribution is 0.572. The fourth-order valence-electron chi connectivity index (χ4n) is 2.53. The Hall–Kier alpha value is -2.26. The van der Waals surface area contributed by atoms with Crippen LogP contribution in [0.4, 0.5) is 8.78 Å². The van der Waals surface area contributed by atoms with Crippen LogP contribution in [0.2, 0.25) is 0 Å². The molecule has 0 saturated heterocycles. The molecule has 1 unspecified atom stereocenters. The molecule has 3 heteroatoms. The van der Waals surface area contributed by atoms with E-state index in [4.69, 9.17) is 5.73 Å². The normalized spacial score (nSPS) is 12.5. The second-order valence-corrected chi connectivity index (χ2v) is 5.19. The fourth-order valence-corrected chi connectivity index (χ4v) is 2.53. The van der Waals surface area contributed by atoms with Crippen LogP contribution >= 0.6 is 0 Å². The van der Waals surface area contributed by atoms with E-state index in [-0.39, 0.29) is 0 Å². The van der Waals surface area contributed by atoms with Crippen molar-refractivity contribution in [3.05, 3.63) is 83.4 Å². The molecule has 0 amide bonds. The van der Waals surface area contributed by atoms with Gasteiger partial charge in [-0.2, -0.15) is 0 Å². The van der Waals surface area contributed by atoms with Gasteiger partial charge in [0.05, 0.1) is 0 Å². The smallest absolute Gasteiger partial charge is 0.126 e. The van der Waals surface area contributed by atoms with Gasteiger partial charge in [0, 0.05) is 12.1 Å². The van der Waals surface area contributed by atoms with Crippen LogP contribution in [0.15, 0.2) is 60.7 Å². The van der Waals surface area contributed by atoms with Crippen LogP contribution in [0.5, 0.6) is 0 Å². The average Bonchev–Trinajstić information content (AvgIpc) is 2.46. The minimum Gasteiger partial charge on any atom is -0.324 e. The van der Waals surface area contributed by atoms with Crippen molar-refractivity contribution in [1.82, 2.24) is 0 Å². The number of hydrogen-bond acceptors (Lipinski definition) is 1. The average molecular weight is 283 g/mol. The van der Waals surface area contributed by atoms with Gasteiger partial charge in [-0.15, -0.1) is 0 Å². The van der Waals surface area contributed by atoms with E-state index in [1.165, 1.54) is 12.1 Å². The highest BCUT2D eigenvalue weighted by atomic mass is 19.1. The molecule has 0 aliphatic heterocycles. The molecular weight excluding hydrogens is 268 g/mol. The third-order valence-electron chi connectivity index (χ3n) is 3.58. The number of hydrogen-bond donors (Lipinski definition) is 1. The summed E-state index contributed by atoms with van der Waals surface area (Å²) in [6, 6.07) is 17.1. The summed E-state index contributed by atoms with van der Waals surface area (Å²) in [6.07, 6.45) is 0.535. The lowest BCUT2D eigenvalue weighted by atomic mass is 9.97. The Labute approximate surface area is 122 Å². The summed E-state index contributed by atoms with van der Waals surface area (Å²) < 4.78 is 26.5. The number of nitrogens with two attached hydrogens (primary N) is 1. The zero-order valence-corrected chi connectivity index (χ0v) is 11.4. The molecule has 0 saturated carbocycles. The molecule has 3 rings (SSSR count). The first-order valence-corrected chi connectivity index (χ1v) is 6.81. The zero-order valence-electron chi connectivity index (χ0n) is 11.4.